The Kier molecular flexibility index (Phi) is 0.580. The molecule has 6 unspecified atom stereocenters. The van der Waals surface area contributed by atoms with Gasteiger partial charge >= 0.3 is 5.97 Å². The van der Waals surface area contributed by atoms with Crippen LogP contribution in [0.2, 0.25) is 0 Å². The van der Waals surface area contributed by atoms with Gasteiger partial charge in [-0.05, 0) is 35.5 Å². The van der Waals surface area contributed by atoms with Gasteiger partial charge in [-0.15, -0.1) is 0 Å². The van der Waals surface area contributed by atoms with Crippen molar-refractivity contribution >= 4 is 5.97 Å². The van der Waals surface area contributed by atoms with Crippen LogP contribution in [0.5, 0.6) is 0 Å². The Hall–Kier alpha value is -0.530. The molecule has 0 spiro atoms. The normalized spacial score (nSPS) is 72.8. The Morgan fingerprint density at radius 1 is 1.42 bits per heavy atom. The largest absolute Gasteiger partial charge is 0.469 e. The number of carbonyl (C=O) groups is 1. The van der Waals surface area contributed by atoms with Crippen LogP contribution in [0.4, 0.5) is 0 Å². The molecule has 0 aromatic heterocycles. The average molecular weight is 164 g/mol. The fraction of sp³-hybridized carbons (Fsp3) is 0.900. The fourth-order valence-electron chi connectivity index (χ4n) is 5.20. The van der Waals surface area contributed by atoms with Gasteiger partial charge in [0.25, 0.3) is 0 Å². The average Bonchev–Trinajstić information content (AvgIpc) is 2.66. The number of ether oxygens (including phenoxy) is 1. The molecule has 0 saturated heterocycles. The zero-order chi connectivity index (χ0) is 8.30. The van der Waals surface area contributed by atoms with Gasteiger partial charge in [0.1, 0.15) is 0 Å². The number of methoxy groups -OCH3 is 1. The fourth-order valence-corrected chi connectivity index (χ4v) is 5.20. The first-order chi connectivity index (χ1) is 5.70. The van der Waals surface area contributed by atoms with E-state index in [-0.39, 0.29) is 11.4 Å². The van der Waals surface area contributed by atoms with E-state index in [4.69, 9.17) is 4.74 Å². The number of rotatable bonds is 1. The lowest BCUT2D eigenvalue weighted by molar-refractivity contribution is -0.154. The maximum absolute atomic E-state index is 11.6. The second kappa shape index (κ2) is 1.16. The molecule has 0 aromatic carbocycles. The van der Waals surface area contributed by atoms with E-state index in [1.807, 2.05) is 0 Å². The van der Waals surface area contributed by atoms with Crippen molar-refractivity contribution < 1.29 is 9.53 Å². The van der Waals surface area contributed by atoms with E-state index < -0.39 is 0 Å². The predicted octanol–water partition coefficient (Wildman–Crippen LogP) is 1.06. The lowest BCUT2D eigenvalue weighted by Crippen LogP contribution is -2.37. The molecule has 2 bridgehead atoms. The minimum Gasteiger partial charge on any atom is -0.469 e. The van der Waals surface area contributed by atoms with Crippen LogP contribution in [0.25, 0.3) is 0 Å². The molecular weight excluding hydrogens is 152 g/mol. The second-order valence-corrected chi connectivity index (χ2v) is 5.14. The lowest BCUT2D eigenvalue weighted by atomic mass is 9.73. The summed E-state index contributed by atoms with van der Waals surface area (Å²) in [6, 6.07) is 0. The summed E-state index contributed by atoms with van der Waals surface area (Å²) in [6.07, 6.45) is 1.32. The van der Waals surface area contributed by atoms with Crippen LogP contribution in [0.15, 0.2) is 0 Å². The lowest BCUT2D eigenvalue weighted by Gasteiger charge is -2.30. The zero-order valence-corrected chi connectivity index (χ0v) is 7.33. The van der Waals surface area contributed by atoms with Crippen molar-refractivity contribution in [1.29, 1.82) is 0 Å². The summed E-state index contributed by atoms with van der Waals surface area (Å²) >= 11 is 0. The summed E-state index contributed by atoms with van der Waals surface area (Å²) in [7, 11) is 1.53. The zero-order valence-electron chi connectivity index (χ0n) is 7.33. The van der Waals surface area contributed by atoms with Crippen molar-refractivity contribution in [2.24, 2.45) is 34.5 Å². The third-order valence-corrected chi connectivity index (χ3v) is 5.53. The van der Waals surface area contributed by atoms with Gasteiger partial charge in [-0.2, -0.15) is 0 Å². The molecule has 5 rings (SSSR count). The van der Waals surface area contributed by atoms with Crippen molar-refractivity contribution in [3.05, 3.63) is 0 Å². The van der Waals surface area contributed by atoms with Crippen LogP contribution in [-0.2, 0) is 9.53 Å². The topological polar surface area (TPSA) is 26.3 Å². The molecule has 5 aliphatic carbocycles. The van der Waals surface area contributed by atoms with E-state index in [1.165, 1.54) is 13.5 Å². The third kappa shape index (κ3) is 0.247. The highest BCUT2D eigenvalue weighted by molar-refractivity contribution is 5.89. The molecule has 2 nitrogen and oxygen atoms in total. The third-order valence-electron chi connectivity index (χ3n) is 5.53. The van der Waals surface area contributed by atoms with Gasteiger partial charge in [0.05, 0.1) is 12.5 Å². The summed E-state index contributed by atoms with van der Waals surface area (Å²) < 4.78 is 4.92. The first-order valence-electron chi connectivity index (χ1n) is 4.79. The van der Waals surface area contributed by atoms with Gasteiger partial charge < -0.3 is 4.74 Å². The molecule has 5 fully saturated rings. The SMILES string of the molecule is COC(=O)C12C3CC4C(C31)C42C. The van der Waals surface area contributed by atoms with E-state index >= 15 is 0 Å². The molecule has 0 heterocycles. The predicted molar refractivity (Wildman–Crippen MR) is 41.1 cm³/mol. The van der Waals surface area contributed by atoms with Crippen LogP contribution in [0, 0.1) is 34.5 Å². The first kappa shape index (κ1) is 6.01. The Morgan fingerprint density at radius 2 is 2.17 bits per heavy atom. The van der Waals surface area contributed by atoms with Gasteiger partial charge in [0.2, 0.25) is 0 Å². The van der Waals surface area contributed by atoms with Gasteiger partial charge in [0.15, 0.2) is 0 Å². The minimum absolute atomic E-state index is 0.0388. The maximum Gasteiger partial charge on any atom is 0.312 e. The summed E-state index contributed by atoms with van der Waals surface area (Å²) in [4.78, 5) is 11.6. The summed E-state index contributed by atoms with van der Waals surface area (Å²) in [5.74, 6) is 3.38. The number of esters is 1. The second-order valence-electron chi connectivity index (χ2n) is 5.14. The van der Waals surface area contributed by atoms with Crippen molar-refractivity contribution in [2.75, 3.05) is 7.11 Å². The van der Waals surface area contributed by atoms with Gasteiger partial charge in [-0.1, -0.05) is 6.92 Å². The maximum atomic E-state index is 11.6. The Bertz CT molecular complexity index is 312. The number of hydrogen-bond donors (Lipinski definition) is 0. The molecule has 0 N–H and O–H groups in total. The van der Waals surface area contributed by atoms with Crippen molar-refractivity contribution in [1.82, 2.24) is 0 Å². The molecule has 0 aliphatic heterocycles. The highest BCUT2D eigenvalue weighted by atomic mass is 16.5. The summed E-state index contributed by atoms with van der Waals surface area (Å²) in [6.45, 7) is 2.29. The summed E-state index contributed by atoms with van der Waals surface area (Å²) in [5.41, 5.74) is 0.437. The highest BCUT2D eigenvalue weighted by Gasteiger charge is 3.05. The number of hydrogen-bond acceptors (Lipinski definition) is 2. The van der Waals surface area contributed by atoms with Crippen LogP contribution in [0.3, 0.4) is 0 Å². The molecular formula is C10H12O2. The first-order valence-corrected chi connectivity index (χ1v) is 4.79. The molecule has 5 aliphatic rings. The Balaban J connectivity index is 1.86. The van der Waals surface area contributed by atoms with E-state index in [1.54, 1.807) is 0 Å². The summed E-state index contributed by atoms with van der Waals surface area (Å²) in [5, 5.41) is 0. The monoisotopic (exact) mass is 164 g/mol. The van der Waals surface area contributed by atoms with Crippen LogP contribution in [-0.4, -0.2) is 13.1 Å². The standard InChI is InChI=1S/C10H12O2/c1-9-4-3-5-7(6(4)9)10(5,9)8(11)12-2/h4-7H,3H2,1-2H3. The molecule has 12 heavy (non-hydrogen) atoms. The Morgan fingerprint density at radius 3 is 2.50 bits per heavy atom. The van der Waals surface area contributed by atoms with Gasteiger partial charge in [-0.25, -0.2) is 0 Å². The van der Waals surface area contributed by atoms with E-state index in [0.717, 1.165) is 23.7 Å². The molecule has 6 atom stereocenters. The molecule has 64 valence electrons. The van der Waals surface area contributed by atoms with Crippen molar-refractivity contribution in [3.63, 3.8) is 0 Å². The smallest absolute Gasteiger partial charge is 0.312 e. The van der Waals surface area contributed by atoms with E-state index in [0.29, 0.717) is 5.41 Å². The minimum atomic E-state index is 0.0388. The van der Waals surface area contributed by atoms with E-state index in [9.17, 15) is 4.79 Å². The molecule has 0 amide bonds. The highest BCUT2D eigenvalue weighted by Crippen LogP contribution is 3.04. The van der Waals surface area contributed by atoms with Gasteiger partial charge in [-0.3, -0.25) is 4.79 Å². The molecule has 2 heteroatoms. The van der Waals surface area contributed by atoms with Crippen LogP contribution < -0.4 is 0 Å². The Labute approximate surface area is 71.3 Å². The van der Waals surface area contributed by atoms with Crippen LogP contribution >= 0.6 is 0 Å². The quantitative estimate of drug-likeness (QED) is 0.542. The van der Waals surface area contributed by atoms with Crippen molar-refractivity contribution in [2.45, 2.75) is 13.3 Å². The molecule has 0 aromatic rings. The van der Waals surface area contributed by atoms with Gasteiger partial charge in [0, 0.05) is 0 Å². The van der Waals surface area contributed by atoms with Crippen LogP contribution in [0.1, 0.15) is 13.3 Å². The molecule has 5 saturated carbocycles. The van der Waals surface area contributed by atoms with E-state index in [2.05, 4.69) is 6.92 Å². The number of carbonyl (C=O) groups excluding carboxylic acids is 1. The van der Waals surface area contributed by atoms with Crippen molar-refractivity contribution in [3.8, 4) is 0 Å². The molecule has 0 radical (unpaired) electrons.